The molecule has 0 saturated heterocycles. The second kappa shape index (κ2) is 5.77. The summed E-state index contributed by atoms with van der Waals surface area (Å²) in [4.78, 5) is 9.13. The molecule has 3 aromatic rings. The first-order chi connectivity index (χ1) is 11.2. The van der Waals surface area contributed by atoms with E-state index in [0.717, 1.165) is 48.0 Å². The van der Waals surface area contributed by atoms with E-state index in [9.17, 15) is 0 Å². The van der Waals surface area contributed by atoms with Crippen LogP contribution in [-0.2, 0) is 19.5 Å². The van der Waals surface area contributed by atoms with Gasteiger partial charge in [-0.25, -0.2) is 14.6 Å². The molecule has 120 valence electrons. The van der Waals surface area contributed by atoms with Gasteiger partial charge in [-0.05, 0) is 18.6 Å². The average molecular weight is 311 g/mol. The van der Waals surface area contributed by atoms with Gasteiger partial charge in [-0.2, -0.15) is 5.10 Å². The molecular weight excluding hydrogens is 290 g/mol. The summed E-state index contributed by atoms with van der Waals surface area (Å²) in [6.45, 7) is 5.75. The van der Waals surface area contributed by atoms with E-state index in [1.165, 1.54) is 0 Å². The fraction of sp³-hybridized carbons (Fsp3) is 0.471. The molecule has 4 rings (SSSR count). The third-order valence-corrected chi connectivity index (χ3v) is 4.27. The number of aryl methyl sites for hydroxylation is 1. The minimum absolute atomic E-state index is 0.374. The van der Waals surface area contributed by atoms with E-state index in [1.807, 2.05) is 28.9 Å². The molecule has 0 fully saturated rings. The summed E-state index contributed by atoms with van der Waals surface area (Å²) in [5.74, 6) is 3.16. The van der Waals surface area contributed by atoms with Crippen molar-refractivity contribution in [2.45, 2.75) is 51.7 Å². The van der Waals surface area contributed by atoms with Crippen molar-refractivity contribution in [1.82, 2.24) is 25.1 Å². The fourth-order valence-electron chi connectivity index (χ4n) is 2.97. The number of rotatable bonds is 4. The van der Waals surface area contributed by atoms with Crippen LogP contribution < -0.4 is 5.32 Å². The Hall–Kier alpha value is -2.21. The lowest BCUT2D eigenvalue weighted by Gasteiger charge is -2.22. The predicted molar refractivity (Wildman–Crippen MR) is 87.1 cm³/mol. The second-order valence-electron chi connectivity index (χ2n) is 6.41. The molecule has 0 unspecified atom stereocenters. The van der Waals surface area contributed by atoms with Gasteiger partial charge in [-0.1, -0.05) is 26.0 Å². The Bertz CT molecular complexity index is 786. The number of hydrogen-bond acceptors (Lipinski definition) is 5. The minimum atomic E-state index is 0.374. The molecule has 0 aliphatic carbocycles. The summed E-state index contributed by atoms with van der Waals surface area (Å²) in [7, 11) is 0. The van der Waals surface area contributed by atoms with Crippen molar-refractivity contribution >= 4 is 11.1 Å². The third kappa shape index (κ3) is 2.86. The molecule has 0 spiro atoms. The van der Waals surface area contributed by atoms with Crippen molar-refractivity contribution in [3.05, 3.63) is 41.8 Å². The Kier molecular flexibility index (Phi) is 3.61. The molecular formula is C17H21N5O. The van der Waals surface area contributed by atoms with E-state index in [1.54, 1.807) is 0 Å². The highest BCUT2D eigenvalue weighted by Gasteiger charge is 2.22. The van der Waals surface area contributed by atoms with Gasteiger partial charge in [0.2, 0.25) is 5.89 Å². The first kappa shape index (κ1) is 14.4. The van der Waals surface area contributed by atoms with Gasteiger partial charge in [0.25, 0.3) is 0 Å². The van der Waals surface area contributed by atoms with Crippen LogP contribution in [0.5, 0.6) is 0 Å². The zero-order valence-corrected chi connectivity index (χ0v) is 13.5. The van der Waals surface area contributed by atoms with Gasteiger partial charge < -0.3 is 9.73 Å². The summed E-state index contributed by atoms with van der Waals surface area (Å²) < 4.78 is 7.80. The van der Waals surface area contributed by atoms with E-state index in [0.29, 0.717) is 18.5 Å². The molecule has 1 N–H and O–H groups in total. The van der Waals surface area contributed by atoms with E-state index in [-0.39, 0.29) is 0 Å². The van der Waals surface area contributed by atoms with Crippen LogP contribution in [0.3, 0.4) is 0 Å². The highest BCUT2D eigenvalue weighted by Crippen LogP contribution is 2.18. The second-order valence-corrected chi connectivity index (χ2v) is 6.41. The van der Waals surface area contributed by atoms with E-state index >= 15 is 0 Å². The fourth-order valence-corrected chi connectivity index (χ4v) is 2.97. The van der Waals surface area contributed by atoms with Crippen molar-refractivity contribution < 1.29 is 4.42 Å². The molecule has 1 aliphatic heterocycles. The van der Waals surface area contributed by atoms with Crippen molar-refractivity contribution in [2.75, 3.05) is 0 Å². The number of nitrogens with zero attached hydrogens (tertiary/aromatic N) is 4. The lowest BCUT2D eigenvalue weighted by molar-refractivity contribution is 0.343. The van der Waals surface area contributed by atoms with Crippen LogP contribution in [0.15, 0.2) is 28.7 Å². The van der Waals surface area contributed by atoms with Crippen LogP contribution in [0.2, 0.25) is 0 Å². The molecule has 6 nitrogen and oxygen atoms in total. The van der Waals surface area contributed by atoms with Crippen LogP contribution in [0, 0.1) is 0 Å². The average Bonchev–Trinajstić information content (AvgIpc) is 3.15. The maximum Gasteiger partial charge on any atom is 0.209 e. The zero-order valence-electron chi connectivity index (χ0n) is 13.5. The lowest BCUT2D eigenvalue weighted by atomic mass is 10.1. The normalized spacial score (nSPS) is 17.8. The van der Waals surface area contributed by atoms with Gasteiger partial charge in [-0.15, -0.1) is 0 Å². The van der Waals surface area contributed by atoms with Crippen LogP contribution >= 0.6 is 0 Å². The molecule has 1 aliphatic rings. The monoisotopic (exact) mass is 311 g/mol. The minimum Gasteiger partial charge on any atom is -0.439 e. The predicted octanol–water partition coefficient (Wildman–Crippen LogP) is 2.65. The summed E-state index contributed by atoms with van der Waals surface area (Å²) in [5, 5.41) is 8.15. The molecule has 0 radical (unpaired) electrons. The van der Waals surface area contributed by atoms with E-state index < -0.39 is 0 Å². The molecule has 0 bridgehead atoms. The van der Waals surface area contributed by atoms with Crippen LogP contribution in [-0.4, -0.2) is 25.8 Å². The van der Waals surface area contributed by atoms with Crippen molar-refractivity contribution in [2.24, 2.45) is 0 Å². The number of aromatic nitrogens is 4. The van der Waals surface area contributed by atoms with Crippen LogP contribution in [0.1, 0.15) is 43.7 Å². The van der Waals surface area contributed by atoms with Crippen LogP contribution in [0.25, 0.3) is 11.1 Å². The molecule has 2 aromatic heterocycles. The quantitative estimate of drug-likeness (QED) is 0.802. The Labute approximate surface area is 134 Å². The third-order valence-electron chi connectivity index (χ3n) is 4.27. The molecule has 0 amide bonds. The van der Waals surface area contributed by atoms with Gasteiger partial charge in [-0.3, -0.25) is 0 Å². The van der Waals surface area contributed by atoms with Gasteiger partial charge in [0.05, 0.1) is 13.1 Å². The van der Waals surface area contributed by atoms with E-state index in [2.05, 4.69) is 34.2 Å². The number of oxazole rings is 1. The number of para-hydroxylation sites is 2. The largest absolute Gasteiger partial charge is 0.439 e. The van der Waals surface area contributed by atoms with E-state index in [4.69, 9.17) is 4.42 Å². The molecule has 6 heteroatoms. The first-order valence-corrected chi connectivity index (χ1v) is 8.20. The highest BCUT2D eigenvalue weighted by molar-refractivity contribution is 5.72. The maximum absolute atomic E-state index is 5.76. The first-order valence-electron chi connectivity index (χ1n) is 8.20. The molecule has 1 aromatic carbocycles. The Balaban J connectivity index is 1.41. The van der Waals surface area contributed by atoms with Crippen molar-refractivity contribution in [1.29, 1.82) is 0 Å². The Morgan fingerprint density at radius 1 is 1.30 bits per heavy atom. The van der Waals surface area contributed by atoms with Crippen molar-refractivity contribution in [3.8, 4) is 0 Å². The molecule has 23 heavy (non-hydrogen) atoms. The SMILES string of the molecule is CC(C)c1nc2n(n1)C[C@@H](NCc1nc3ccccc3o1)CC2. The zero-order chi connectivity index (χ0) is 15.8. The van der Waals surface area contributed by atoms with Gasteiger partial charge in [0.15, 0.2) is 11.4 Å². The standard InChI is InChI=1S/C17H21N5O/c1-11(2)17-20-15-8-7-12(10-22(15)21-17)18-9-16-19-13-5-3-4-6-14(13)23-16/h3-6,11-12,18H,7-10H2,1-2H3/t12-/m0/s1. The van der Waals surface area contributed by atoms with Gasteiger partial charge in [0, 0.05) is 18.4 Å². The van der Waals surface area contributed by atoms with Gasteiger partial charge in [0.1, 0.15) is 11.3 Å². The molecule has 3 heterocycles. The number of hydrogen-bond donors (Lipinski definition) is 1. The number of benzene rings is 1. The number of fused-ring (bicyclic) bond motifs is 2. The maximum atomic E-state index is 5.76. The Morgan fingerprint density at radius 3 is 3.00 bits per heavy atom. The van der Waals surface area contributed by atoms with Gasteiger partial charge >= 0.3 is 0 Å². The summed E-state index contributed by atoms with van der Waals surface area (Å²) in [5.41, 5.74) is 1.75. The number of nitrogens with one attached hydrogen (secondary N) is 1. The summed E-state index contributed by atoms with van der Waals surface area (Å²) in [6, 6.07) is 8.23. The Morgan fingerprint density at radius 2 is 2.17 bits per heavy atom. The lowest BCUT2D eigenvalue weighted by Crippen LogP contribution is -2.37. The van der Waals surface area contributed by atoms with Crippen LogP contribution in [0.4, 0.5) is 0 Å². The summed E-state index contributed by atoms with van der Waals surface area (Å²) in [6.07, 6.45) is 2.03. The molecule has 0 saturated carbocycles. The summed E-state index contributed by atoms with van der Waals surface area (Å²) >= 11 is 0. The molecule has 1 atom stereocenters. The topological polar surface area (TPSA) is 68.8 Å². The highest BCUT2D eigenvalue weighted by atomic mass is 16.3. The smallest absolute Gasteiger partial charge is 0.209 e. The van der Waals surface area contributed by atoms with Crippen molar-refractivity contribution in [3.63, 3.8) is 0 Å².